The number of nitriles is 1. The van der Waals surface area contributed by atoms with Crippen molar-refractivity contribution in [1.82, 2.24) is 9.47 Å². The molecule has 3 aromatic rings. The Hall–Kier alpha value is -2.61. The predicted molar refractivity (Wildman–Crippen MR) is 107 cm³/mol. The summed E-state index contributed by atoms with van der Waals surface area (Å²) in [6.07, 6.45) is 0. The lowest BCUT2D eigenvalue weighted by Crippen LogP contribution is -2.39. The van der Waals surface area contributed by atoms with Gasteiger partial charge in [0.1, 0.15) is 11.8 Å². The summed E-state index contributed by atoms with van der Waals surface area (Å²) in [6, 6.07) is 17.1. The topological polar surface area (TPSA) is 59.6 Å². The zero-order valence-electron chi connectivity index (χ0n) is 15.9. The molecule has 2 aromatic carbocycles. The molecule has 0 aliphatic rings. The molecule has 26 heavy (non-hydrogen) atoms. The van der Waals surface area contributed by atoms with Crippen molar-refractivity contribution in [3.05, 3.63) is 53.6 Å². The van der Waals surface area contributed by atoms with Gasteiger partial charge < -0.3 is 10.3 Å². The highest BCUT2D eigenvalue weighted by molar-refractivity contribution is 5.95. The highest BCUT2D eigenvalue weighted by Crippen LogP contribution is 2.34. The van der Waals surface area contributed by atoms with Crippen LogP contribution in [0.2, 0.25) is 0 Å². The van der Waals surface area contributed by atoms with Crippen LogP contribution in [0.4, 0.5) is 5.69 Å². The van der Waals surface area contributed by atoms with Gasteiger partial charge in [-0.05, 0) is 61.5 Å². The quantitative estimate of drug-likeness (QED) is 0.735. The summed E-state index contributed by atoms with van der Waals surface area (Å²) in [5, 5.41) is 10.9. The smallest absolute Gasteiger partial charge is 0.127 e. The van der Waals surface area contributed by atoms with Crippen molar-refractivity contribution in [3.8, 4) is 17.3 Å². The maximum absolute atomic E-state index is 9.85. The fourth-order valence-electron chi connectivity index (χ4n) is 3.60. The summed E-state index contributed by atoms with van der Waals surface area (Å²) in [5.41, 5.74) is 10.2. The molecule has 0 fully saturated rings. The Morgan fingerprint density at radius 1 is 1.04 bits per heavy atom. The van der Waals surface area contributed by atoms with E-state index >= 15 is 0 Å². The third kappa shape index (κ3) is 3.24. The maximum atomic E-state index is 9.85. The van der Waals surface area contributed by atoms with Crippen LogP contribution >= 0.6 is 0 Å². The molecule has 0 saturated heterocycles. The van der Waals surface area contributed by atoms with Gasteiger partial charge >= 0.3 is 0 Å². The van der Waals surface area contributed by atoms with Crippen LogP contribution in [0.3, 0.4) is 0 Å². The minimum absolute atomic E-state index is 0.757. The van der Waals surface area contributed by atoms with Crippen molar-refractivity contribution < 1.29 is 5.73 Å². The van der Waals surface area contributed by atoms with E-state index in [2.05, 4.69) is 72.4 Å². The highest BCUT2D eigenvalue weighted by atomic mass is 15.1. The van der Waals surface area contributed by atoms with Crippen molar-refractivity contribution in [2.75, 3.05) is 13.1 Å². The maximum Gasteiger partial charge on any atom is 0.127 e. The summed E-state index contributed by atoms with van der Waals surface area (Å²) in [6.45, 7) is 10.4. The molecule has 0 radical (unpaired) electrons. The Kier molecular flexibility index (Phi) is 5.41. The molecule has 0 unspecified atom stereocenters. The summed E-state index contributed by atoms with van der Waals surface area (Å²) in [4.78, 5) is 2.40. The van der Waals surface area contributed by atoms with Crippen LogP contribution in [0.15, 0.2) is 42.5 Å². The first-order valence-electron chi connectivity index (χ1n) is 9.32. The number of quaternary nitrogens is 1. The van der Waals surface area contributed by atoms with Gasteiger partial charge in [0.15, 0.2) is 0 Å². The van der Waals surface area contributed by atoms with Gasteiger partial charge in [0, 0.05) is 18.5 Å². The van der Waals surface area contributed by atoms with E-state index in [0.29, 0.717) is 0 Å². The van der Waals surface area contributed by atoms with Crippen LogP contribution in [0.1, 0.15) is 31.9 Å². The van der Waals surface area contributed by atoms with E-state index in [1.807, 2.05) is 12.1 Å². The molecule has 0 aliphatic carbocycles. The lowest BCUT2D eigenvalue weighted by molar-refractivity contribution is -0.254. The molecule has 3 N–H and O–H groups in total. The van der Waals surface area contributed by atoms with Crippen molar-refractivity contribution >= 4 is 16.6 Å². The summed E-state index contributed by atoms with van der Waals surface area (Å²) in [5.74, 6) is 0. The van der Waals surface area contributed by atoms with Gasteiger partial charge in [-0.25, -0.2) is 0 Å². The van der Waals surface area contributed by atoms with Gasteiger partial charge in [0.25, 0.3) is 0 Å². The van der Waals surface area contributed by atoms with Crippen LogP contribution in [-0.2, 0) is 13.1 Å². The van der Waals surface area contributed by atoms with Crippen LogP contribution in [0.25, 0.3) is 22.2 Å². The summed E-state index contributed by atoms with van der Waals surface area (Å²) >= 11 is 0. The zero-order valence-corrected chi connectivity index (χ0v) is 15.9. The number of aryl methyl sites for hydroxylation is 1. The minimum Gasteiger partial charge on any atom is -0.340 e. The predicted octanol–water partition coefficient (Wildman–Crippen LogP) is 3.92. The molecule has 134 valence electrons. The second-order valence-corrected chi connectivity index (χ2v) is 6.59. The molecule has 4 nitrogen and oxygen atoms in total. The number of aromatic nitrogens is 1. The van der Waals surface area contributed by atoms with E-state index in [4.69, 9.17) is 0 Å². The van der Waals surface area contributed by atoms with E-state index in [9.17, 15) is 5.26 Å². The Morgan fingerprint density at radius 3 is 2.31 bits per heavy atom. The van der Waals surface area contributed by atoms with Crippen molar-refractivity contribution in [2.45, 2.75) is 33.9 Å². The standard InChI is InChI=1S/C22H26N4/c1-4-25(5-2)15-16-7-12-19-20(14-23)22(26(6-3)21(19)13-16)17-8-10-18(24)11-9-17/h7-13H,4-6,15,24H2,1-3H3/p+1. The van der Waals surface area contributed by atoms with Crippen molar-refractivity contribution in [3.63, 3.8) is 0 Å². The molecule has 4 heteroatoms. The average molecular weight is 347 g/mol. The largest absolute Gasteiger partial charge is 0.340 e. The fourth-order valence-corrected chi connectivity index (χ4v) is 3.60. The first-order chi connectivity index (χ1) is 12.6. The SMILES string of the molecule is CCN(CC)Cc1ccc2c(C#N)c(-c3ccc([NH3+])cc3)n(CC)c2c1. The van der Waals surface area contributed by atoms with Crippen molar-refractivity contribution in [1.29, 1.82) is 5.26 Å². The third-order valence-corrected chi connectivity index (χ3v) is 5.09. The van der Waals surface area contributed by atoms with Gasteiger partial charge in [-0.2, -0.15) is 5.26 Å². The second-order valence-electron chi connectivity index (χ2n) is 6.59. The molecular formula is C22H27N4+. The molecule has 0 spiro atoms. The number of benzene rings is 2. The van der Waals surface area contributed by atoms with E-state index in [-0.39, 0.29) is 0 Å². The van der Waals surface area contributed by atoms with Crippen LogP contribution in [0, 0.1) is 11.3 Å². The molecule has 1 heterocycles. The van der Waals surface area contributed by atoms with Gasteiger partial charge in [0.05, 0.1) is 16.8 Å². The number of rotatable bonds is 6. The average Bonchev–Trinajstić information content (AvgIpc) is 2.99. The number of fused-ring (bicyclic) bond motifs is 1. The molecule has 0 saturated carbocycles. The van der Waals surface area contributed by atoms with Gasteiger partial charge in [-0.1, -0.05) is 26.0 Å². The molecule has 0 amide bonds. The zero-order chi connectivity index (χ0) is 18.7. The fraction of sp³-hybridized carbons (Fsp3) is 0.318. The van der Waals surface area contributed by atoms with E-state index < -0.39 is 0 Å². The molecule has 1 aromatic heterocycles. The Morgan fingerprint density at radius 2 is 1.73 bits per heavy atom. The number of hydrogen-bond acceptors (Lipinski definition) is 2. The van der Waals surface area contributed by atoms with Crippen LogP contribution in [0.5, 0.6) is 0 Å². The highest BCUT2D eigenvalue weighted by Gasteiger charge is 2.18. The number of nitrogens with zero attached hydrogens (tertiary/aromatic N) is 3. The lowest BCUT2D eigenvalue weighted by Gasteiger charge is -2.18. The molecule has 0 aliphatic heterocycles. The molecule has 3 rings (SSSR count). The first kappa shape index (κ1) is 18.2. The Bertz CT molecular complexity index is 941. The van der Waals surface area contributed by atoms with Gasteiger partial charge in [-0.3, -0.25) is 4.90 Å². The first-order valence-corrected chi connectivity index (χ1v) is 9.32. The second kappa shape index (κ2) is 7.74. The molecule has 0 atom stereocenters. The summed E-state index contributed by atoms with van der Waals surface area (Å²) < 4.78 is 2.26. The molecular weight excluding hydrogens is 320 g/mol. The third-order valence-electron chi connectivity index (χ3n) is 5.09. The monoisotopic (exact) mass is 347 g/mol. The van der Waals surface area contributed by atoms with Gasteiger partial charge in [-0.15, -0.1) is 0 Å². The normalized spacial score (nSPS) is 11.2. The van der Waals surface area contributed by atoms with Crippen molar-refractivity contribution in [2.24, 2.45) is 0 Å². The number of hydrogen-bond donors (Lipinski definition) is 1. The van der Waals surface area contributed by atoms with E-state index in [1.165, 1.54) is 5.56 Å². The van der Waals surface area contributed by atoms with Crippen LogP contribution < -0.4 is 5.73 Å². The summed E-state index contributed by atoms with van der Waals surface area (Å²) in [7, 11) is 0. The van der Waals surface area contributed by atoms with E-state index in [0.717, 1.165) is 59.6 Å². The van der Waals surface area contributed by atoms with Gasteiger partial charge in [0.2, 0.25) is 0 Å². The molecule has 0 bridgehead atoms. The lowest BCUT2D eigenvalue weighted by atomic mass is 10.0. The van der Waals surface area contributed by atoms with E-state index in [1.54, 1.807) is 0 Å². The Labute approximate surface area is 155 Å². The van der Waals surface area contributed by atoms with Crippen LogP contribution in [-0.4, -0.2) is 22.6 Å². The Balaban J connectivity index is 2.19. The minimum atomic E-state index is 0.757.